The van der Waals surface area contributed by atoms with E-state index < -0.39 is 5.91 Å². The number of anilines is 1. The lowest BCUT2D eigenvalue weighted by Crippen LogP contribution is -2.09. The predicted molar refractivity (Wildman–Crippen MR) is 71.2 cm³/mol. The Morgan fingerprint density at radius 3 is 2.72 bits per heavy atom. The second-order valence-electron chi connectivity index (χ2n) is 3.43. The van der Waals surface area contributed by atoms with Gasteiger partial charge in [-0.3, -0.25) is 10.1 Å². The zero-order valence-corrected chi connectivity index (χ0v) is 10.1. The van der Waals surface area contributed by atoms with Crippen LogP contribution in [0.2, 0.25) is 5.02 Å². The molecule has 0 aliphatic rings. The zero-order valence-electron chi connectivity index (χ0n) is 9.35. The molecule has 0 bridgehead atoms. The van der Waals surface area contributed by atoms with E-state index in [4.69, 9.17) is 11.6 Å². The van der Waals surface area contributed by atoms with Crippen LogP contribution in [-0.4, -0.2) is 10.9 Å². The quantitative estimate of drug-likeness (QED) is 0.797. The van der Waals surface area contributed by atoms with Crippen LogP contribution in [0.4, 0.5) is 5.82 Å². The normalized spacial score (nSPS) is 9.17. The van der Waals surface area contributed by atoms with Gasteiger partial charge in [-0.25, -0.2) is 4.98 Å². The number of nitrogens with one attached hydrogen (secondary N) is 1. The van der Waals surface area contributed by atoms with Gasteiger partial charge in [-0.15, -0.1) is 0 Å². The van der Waals surface area contributed by atoms with Crippen LogP contribution in [-0.2, 0) is 4.79 Å². The molecule has 1 aromatic carbocycles. The molecule has 0 fully saturated rings. The van der Waals surface area contributed by atoms with Crippen molar-refractivity contribution in [1.82, 2.24) is 4.98 Å². The number of hydrogen-bond acceptors (Lipinski definition) is 2. The van der Waals surface area contributed by atoms with E-state index in [2.05, 4.69) is 22.1 Å². The van der Waals surface area contributed by atoms with Crippen LogP contribution < -0.4 is 5.32 Å². The summed E-state index contributed by atoms with van der Waals surface area (Å²) in [5.41, 5.74) is 0.784. The minimum absolute atomic E-state index is 0.384. The molecule has 3 nitrogen and oxygen atoms in total. The van der Waals surface area contributed by atoms with Gasteiger partial charge in [-0.1, -0.05) is 35.7 Å². The Bertz CT molecular complexity index is 614. The maximum absolute atomic E-state index is 11.5. The van der Waals surface area contributed by atoms with E-state index in [9.17, 15) is 4.79 Å². The zero-order chi connectivity index (χ0) is 12.8. The first-order valence-corrected chi connectivity index (χ1v) is 5.61. The molecule has 1 amide bonds. The van der Waals surface area contributed by atoms with Crippen molar-refractivity contribution in [3.8, 4) is 11.8 Å². The molecule has 0 aliphatic heterocycles. The monoisotopic (exact) mass is 256 g/mol. The van der Waals surface area contributed by atoms with Crippen LogP contribution in [0.15, 0.2) is 48.7 Å². The lowest BCUT2D eigenvalue weighted by atomic mass is 10.2. The van der Waals surface area contributed by atoms with Crippen LogP contribution in [0.3, 0.4) is 0 Å². The number of amides is 1. The molecule has 1 N–H and O–H groups in total. The number of benzene rings is 1. The van der Waals surface area contributed by atoms with Crippen LogP contribution in [0.1, 0.15) is 5.56 Å². The first-order chi connectivity index (χ1) is 8.74. The van der Waals surface area contributed by atoms with Crippen LogP contribution >= 0.6 is 11.6 Å². The largest absolute Gasteiger partial charge is 0.301 e. The minimum atomic E-state index is -0.423. The number of rotatable bonds is 1. The van der Waals surface area contributed by atoms with Crippen LogP contribution in [0.25, 0.3) is 0 Å². The second kappa shape index (κ2) is 5.85. The topological polar surface area (TPSA) is 42.0 Å². The van der Waals surface area contributed by atoms with Crippen molar-refractivity contribution in [3.63, 3.8) is 0 Å². The summed E-state index contributed by atoms with van der Waals surface area (Å²) in [6.45, 7) is 0. The van der Waals surface area contributed by atoms with Gasteiger partial charge in [0.25, 0.3) is 0 Å². The fourth-order valence-corrected chi connectivity index (χ4v) is 1.43. The number of hydrogen-bond donors (Lipinski definition) is 1. The molecule has 1 heterocycles. The molecule has 1 aromatic heterocycles. The highest BCUT2D eigenvalue weighted by molar-refractivity contribution is 6.30. The molecule has 0 aliphatic carbocycles. The van der Waals surface area contributed by atoms with Gasteiger partial charge in [0.05, 0.1) is 0 Å². The van der Waals surface area contributed by atoms with Gasteiger partial charge < -0.3 is 0 Å². The van der Waals surface area contributed by atoms with Crippen molar-refractivity contribution in [2.75, 3.05) is 5.32 Å². The maximum atomic E-state index is 11.5. The number of pyridine rings is 1. The number of halogens is 1. The summed E-state index contributed by atoms with van der Waals surface area (Å²) < 4.78 is 0. The van der Waals surface area contributed by atoms with Crippen molar-refractivity contribution in [1.29, 1.82) is 0 Å². The Balaban J connectivity index is 2.04. The molecule has 0 radical (unpaired) electrons. The van der Waals surface area contributed by atoms with Gasteiger partial charge in [0, 0.05) is 22.7 Å². The van der Waals surface area contributed by atoms with Crippen molar-refractivity contribution >= 4 is 23.3 Å². The van der Waals surface area contributed by atoms with Gasteiger partial charge in [0.1, 0.15) is 5.82 Å². The molecule has 0 unspecified atom stereocenters. The summed E-state index contributed by atoms with van der Waals surface area (Å²) in [6.07, 6.45) is 1.52. The molecular formula is C14H9ClN2O. The first-order valence-electron chi connectivity index (χ1n) is 5.23. The summed E-state index contributed by atoms with van der Waals surface area (Å²) in [6, 6.07) is 12.5. The third kappa shape index (κ3) is 3.62. The van der Waals surface area contributed by atoms with Gasteiger partial charge in [-0.2, -0.15) is 0 Å². The summed E-state index contributed by atoms with van der Waals surface area (Å²) in [5, 5.41) is 3.06. The maximum Gasteiger partial charge on any atom is 0.301 e. The number of carbonyl (C=O) groups excluding carboxylic acids is 1. The predicted octanol–water partition coefficient (Wildman–Crippen LogP) is 2.73. The highest BCUT2D eigenvalue weighted by atomic mass is 35.5. The van der Waals surface area contributed by atoms with Gasteiger partial charge in [0.15, 0.2) is 0 Å². The molecule has 88 valence electrons. The third-order valence-electron chi connectivity index (χ3n) is 2.06. The van der Waals surface area contributed by atoms with Gasteiger partial charge in [-0.05, 0) is 24.3 Å². The van der Waals surface area contributed by atoms with E-state index in [0.717, 1.165) is 5.56 Å². The van der Waals surface area contributed by atoms with E-state index in [1.807, 2.05) is 30.3 Å². The Hall–Kier alpha value is -2.31. The molecule has 18 heavy (non-hydrogen) atoms. The van der Waals surface area contributed by atoms with Crippen molar-refractivity contribution in [3.05, 3.63) is 59.2 Å². The molecule has 0 spiro atoms. The van der Waals surface area contributed by atoms with Crippen molar-refractivity contribution < 1.29 is 4.79 Å². The lowest BCUT2D eigenvalue weighted by molar-refractivity contribution is -0.111. The summed E-state index contributed by atoms with van der Waals surface area (Å²) in [7, 11) is 0. The Kier molecular flexibility index (Phi) is 3.95. The van der Waals surface area contributed by atoms with Crippen molar-refractivity contribution in [2.24, 2.45) is 0 Å². The van der Waals surface area contributed by atoms with E-state index in [1.165, 1.54) is 6.20 Å². The lowest BCUT2D eigenvalue weighted by Gasteiger charge is -1.98. The molecule has 0 saturated heterocycles. The van der Waals surface area contributed by atoms with Crippen LogP contribution in [0.5, 0.6) is 0 Å². The fourth-order valence-electron chi connectivity index (χ4n) is 1.27. The number of aromatic nitrogens is 1. The first kappa shape index (κ1) is 12.2. The van der Waals surface area contributed by atoms with E-state index in [0.29, 0.717) is 10.8 Å². The van der Waals surface area contributed by atoms with Gasteiger partial charge >= 0.3 is 5.91 Å². The molecule has 4 heteroatoms. The minimum Gasteiger partial charge on any atom is -0.300 e. The summed E-state index contributed by atoms with van der Waals surface area (Å²) in [5.74, 6) is 5.20. The van der Waals surface area contributed by atoms with E-state index >= 15 is 0 Å². The van der Waals surface area contributed by atoms with Crippen molar-refractivity contribution in [2.45, 2.75) is 0 Å². The average molecular weight is 257 g/mol. The summed E-state index contributed by atoms with van der Waals surface area (Å²) in [4.78, 5) is 15.5. The second-order valence-corrected chi connectivity index (χ2v) is 3.87. The summed E-state index contributed by atoms with van der Waals surface area (Å²) >= 11 is 5.77. The molecule has 0 atom stereocenters. The fraction of sp³-hybridized carbons (Fsp3) is 0. The Morgan fingerprint density at radius 1 is 1.22 bits per heavy atom. The SMILES string of the molecule is O=C(C#Cc1ccccc1)Nc1cc(Cl)ccn1. The molecule has 0 saturated carbocycles. The van der Waals surface area contributed by atoms with E-state index in [1.54, 1.807) is 12.1 Å². The number of nitrogens with zero attached hydrogens (tertiary/aromatic N) is 1. The smallest absolute Gasteiger partial charge is 0.300 e. The molecular weight excluding hydrogens is 248 g/mol. The van der Waals surface area contributed by atoms with E-state index in [-0.39, 0.29) is 0 Å². The third-order valence-corrected chi connectivity index (χ3v) is 2.29. The Morgan fingerprint density at radius 2 is 2.00 bits per heavy atom. The van der Waals surface area contributed by atoms with Crippen LogP contribution in [0, 0.1) is 11.8 Å². The van der Waals surface area contributed by atoms with Gasteiger partial charge in [0.2, 0.25) is 0 Å². The standard InChI is InChI=1S/C14H9ClN2O/c15-12-8-9-16-13(10-12)17-14(18)7-6-11-4-2-1-3-5-11/h1-5,8-10H,(H,16,17,18). The Labute approximate surface area is 110 Å². The molecule has 2 rings (SSSR count). The highest BCUT2D eigenvalue weighted by Gasteiger charge is 1.99. The number of carbonyl (C=O) groups is 1. The average Bonchev–Trinajstić information content (AvgIpc) is 2.38. The molecule has 2 aromatic rings. The highest BCUT2D eigenvalue weighted by Crippen LogP contribution is 2.11.